The first-order valence-electron chi connectivity index (χ1n) is 4.42. The number of carboxylic acids is 1. The fourth-order valence-electron chi connectivity index (χ4n) is 1.23. The van der Waals surface area contributed by atoms with Crippen molar-refractivity contribution in [3.63, 3.8) is 0 Å². The summed E-state index contributed by atoms with van der Waals surface area (Å²) >= 11 is 5.70. The minimum Gasteiger partial charge on any atom is -0.506 e. The summed E-state index contributed by atoms with van der Waals surface area (Å²) in [5, 5.41) is 20.9. The quantitative estimate of drug-likeness (QED) is 0.727. The molecule has 0 aliphatic carbocycles. The van der Waals surface area contributed by atoms with Gasteiger partial charge in [-0.3, -0.25) is 4.79 Å². The van der Waals surface area contributed by atoms with Crippen LogP contribution in [0.4, 0.5) is 0 Å². The molecule has 1 aromatic carbocycles. The normalized spacial score (nSPS) is 12.4. The van der Waals surface area contributed by atoms with Gasteiger partial charge in [-0.1, -0.05) is 17.7 Å². The molecule has 0 spiro atoms. The second-order valence-electron chi connectivity index (χ2n) is 3.17. The summed E-state index contributed by atoms with van der Waals surface area (Å²) < 4.78 is 0. The van der Waals surface area contributed by atoms with Gasteiger partial charge < -0.3 is 15.5 Å². The highest BCUT2D eigenvalue weighted by Crippen LogP contribution is 2.24. The summed E-state index contributed by atoms with van der Waals surface area (Å²) in [5.74, 6) is -0.918. The van der Waals surface area contributed by atoms with Crippen LogP contribution in [0.25, 0.3) is 0 Å². The topological polar surface area (TPSA) is 69.6 Å². The zero-order valence-electron chi connectivity index (χ0n) is 8.20. The SMILES string of the molecule is CN[C@@H](Cc1ccc(O)c(Cl)c1)C(=O)O. The van der Waals surface area contributed by atoms with Gasteiger partial charge >= 0.3 is 5.97 Å². The number of carbonyl (C=O) groups is 1. The molecule has 0 saturated heterocycles. The Morgan fingerprint density at radius 1 is 1.60 bits per heavy atom. The summed E-state index contributed by atoms with van der Waals surface area (Å²) in [5.41, 5.74) is 0.763. The molecule has 0 unspecified atom stereocenters. The lowest BCUT2D eigenvalue weighted by molar-refractivity contribution is -0.139. The predicted molar refractivity (Wildman–Crippen MR) is 57.3 cm³/mol. The smallest absolute Gasteiger partial charge is 0.321 e. The van der Waals surface area contributed by atoms with Crippen molar-refractivity contribution in [1.29, 1.82) is 0 Å². The van der Waals surface area contributed by atoms with Gasteiger partial charge in [-0.25, -0.2) is 0 Å². The van der Waals surface area contributed by atoms with Crippen molar-refractivity contribution in [2.45, 2.75) is 12.5 Å². The van der Waals surface area contributed by atoms with Crippen LogP contribution < -0.4 is 5.32 Å². The highest BCUT2D eigenvalue weighted by atomic mass is 35.5. The minimum absolute atomic E-state index is 0.00301. The Balaban J connectivity index is 2.80. The molecule has 0 aliphatic rings. The van der Waals surface area contributed by atoms with E-state index in [1.54, 1.807) is 19.2 Å². The maximum Gasteiger partial charge on any atom is 0.321 e. The van der Waals surface area contributed by atoms with Crippen LogP contribution >= 0.6 is 11.6 Å². The van der Waals surface area contributed by atoms with Crippen LogP contribution in [0.5, 0.6) is 5.75 Å². The Bertz CT molecular complexity index is 368. The highest BCUT2D eigenvalue weighted by molar-refractivity contribution is 6.32. The van der Waals surface area contributed by atoms with Gasteiger partial charge in [0, 0.05) is 0 Å². The van der Waals surface area contributed by atoms with Crippen LogP contribution in [-0.4, -0.2) is 29.3 Å². The van der Waals surface area contributed by atoms with Gasteiger partial charge in [-0.05, 0) is 31.2 Å². The molecule has 5 heteroatoms. The maximum atomic E-state index is 10.7. The van der Waals surface area contributed by atoms with E-state index < -0.39 is 12.0 Å². The van der Waals surface area contributed by atoms with Crippen LogP contribution in [0.2, 0.25) is 5.02 Å². The summed E-state index contributed by atoms with van der Waals surface area (Å²) in [4.78, 5) is 10.7. The van der Waals surface area contributed by atoms with Crippen LogP contribution in [-0.2, 0) is 11.2 Å². The third-order valence-electron chi connectivity index (χ3n) is 2.10. The van der Waals surface area contributed by atoms with E-state index in [0.717, 1.165) is 5.56 Å². The van der Waals surface area contributed by atoms with Crippen molar-refractivity contribution < 1.29 is 15.0 Å². The van der Waals surface area contributed by atoms with E-state index in [1.165, 1.54) is 6.07 Å². The van der Waals surface area contributed by atoms with Crippen molar-refractivity contribution in [2.75, 3.05) is 7.05 Å². The van der Waals surface area contributed by atoms with E-state index in [4.69, 9.17) is 16.7 Å². The van der Waals surface area contributed by atoms with Gasteiger partial charge in [-0.2, -0.15) is 0 Å². The summed E-state index contributed by atoms with van der Waals surface area (Å²) in [6.07, 6.45) is 0.325. The average molecular weight is 230 g/mol. The Hall–Kier alpha value is -1.26. The van der Waals surface area contributed by atoms with Crippen molar-refractivity contribution in [2.24, 2.45) is 0 Å². The molecule has 0 amide bonds. The Morgan fingerprint density at radius 2 is 2.27 bits per heavy atom. The monoisotopic (exact) mass is 229 g/mol. The number of aromatic hydroxyl groups is 1. The zero-order valence-corrected chi connectivity index (χ0v) is 8.95. The van der Waals surface area contributed by atoms with E-state index in [2.05, 4.69) is 5.32 Å². The number of likely N-dealkylation sites (N-methyl/N-ethyl adjacent to an activating group) is 1. The Kier molecular flexibility index (Phi) is 3.94. The number of halogens is 1. The number of aliphatic carboxylic acids is 1. The molecule has 4 nitrogen and oxygen atoms in total. The lowest BCUT2D eigenvalue weighted by Crippen LogP contribution is -2.35. The fraction of sp³-hybridized carbons (Fsp3) is 0.300. The van der Waals surface area contributed by atoms with E-state index in [1.807, 2.05) is 0 Å². The summed E-state index contributed by atoms with van der Waals surface area (Å²) in [7, 11) is 1.58. The van der Waals surface area contributed by atoms with E-state index in [9.17, 15) is 9.90 Å². The molecule has 0 radical (unpaired) electrons. The van der Waals surface area contributed by atoms with Gasteiger partial charge in [-0.15, -0.1) is 0 Å². The van der Waals surface area contributed by atoms with Gasteiger partial charge in [0.2, 0.25) is 0 Å². The third kappa shape index (κ3) is 3.11. The van der Waals surface area contributed by atoms with Crippen molar-refractivity contribution in [3.8, 4) is 5.75 Å². The number of rotatable bonds is 4. The number of carboxylic acid groups (broad SMARTS) is 1. The van der Waals surface area contributed by atoms with E-state index in [0.29, 0.717) is 6.42 Å². The Labute approximate surface area is 92.5 Å². The molecule has 0 heterocycles. The average Bonchev–Trinajstić information content (AvgIpc) is 2.19. The number of phenols is 1. The molecule has 0 aliphatic heterocycles. The van der Waals surface area contributed by atoms with Crippen molar-refractivity contribution >= 4 is 17.6 Å². The fourth-order valence-corrected chi connectivity index (χ4v) is 1.43. The summed E-state index contributed by atoms with van der Waals surface area (Å²) in [6.45, 7) is 0. The first kappa shape index (κ1) is 11.8. The first-order valence-corrected chi connectivity index (χ1v) is 4.80. The second-order valence-corrected chi connectivity index (χ2v) is 3.58. The minimum atomic E-state index is -0.915. The molecule has 3 N–H and O–H groups in total. The molecule has 0 aromatic heterocycles. The van der Waals surface area contributed by atoms with Gasteiger partial charge in [0.15, 0.2) is 0 Å². The third-order valence-corrected chi connectivity index (χ3v) is 2.40. The molecule has 82 valence electrons. The van der Waals surface area contributed by atoms with Gasteiger partial charge in [0.25, 0.3) is 0 Å². The van der Waals surface area contributed by atoms with Gasteiger partial charge in [0.05, 0.1) is 5.02 Å². The Morgan fingerprint density at radius 3 is 2.73 bits per heavy atom. The molecule has 0 bridgehead atoms. The molecule has 1 aromatic rings. The maximum absolute atomic E-state index is 10.7. The predicted octanol–water partition coefficient (Wildman–Crippen LogP) is 1.26. The van der Waals surface area contributed by atoms with E-state index in [-0.39, 0.29) is 10.8 Å². The van der Waals surface area contributed by atoms with Crippen LogP contribution in [0, 0.1) is 0 Å². The van der Waals surface area contributed by atoms with Gasteiger partial charge in [0.1, 0.15) is 11.8 Å². The number of nitrogens with one attached hydrogen (secondary N) is 1. The molecule has 1 atom stereocenters. The summed E-state index contributed by atoms with van der Waals surface area (Å²) in [6, 6.07) is 4.01. The molecular weight excluding hydrogens is 218 g/mol. The number of hydrogen-bond donors (Lipinski definition) is 3. The number of benzene rings is 1. The zero-order chi connectivity index (χ0) is 11.4. The number of phenolic OH excluding ortho intramolecular Hbond substituents is 1. The molecule has 0 saturated carbocycles. The van der Waals surface area contributed by atoms with Crippen LogP contribution in [0.15, 0.2) is 18.2 Å². The largest absolute Gasteiger partial charge is 0.506 e. The van der Waals surface area contributed by atoms with Crippen LogP contribution in [0.1, 0.15) is 5.56 Å². The highest BCUT2D eigenvalue weighted by Gasteiger charge is 2.15. The molecule has 15 heavy (non-hydrogen) atoms. The van der Waals surface area contributed by atoms with E-state index >= 15 is 0 Å². The molecule has 1 rings (SSSR count). The molecular formula is C10H12ClNO3. The lowest BCUT2D eigenvalue weighted by Gasteiger charge is -2.11. The standard InChI is InChI=1S/C10H12ClNO3/c1-12-8(10(14)15)5-6-2-3-9(13)7(11)4-6/h2-4,8,12-13H,5H2,1H3,(H,14,15)/t8-/m0/s1. The molecule has 0 fully saturated rings. The lowest BCUT2D eigenvalue weighted by atomic mass is 10.1. The van der Waals surface area contributed by atoms with Crippen molar-refractivity contribution in [1.82, 2.24) is 5.32 Å². The second kappa shape index (κ2) is 5.00. The number of hydrogen-bond acceptors (Lipinski definition) is 3. The van der Waals surface area contributed by atoms with Crippen LogP contribution in [0.3, 0.4) is 0 Å². The first-order chi connectivity index (χ1) is 7.04. The van der Waals surface area contributed by atoms with Crippen molar-refractivity contribution in [3.05, 3.63) is 28.8 Å².